The molecule has 1 aromatic heterocycles. The highest BCUT2D eigenvalue weighted by molar-refractivity contribution is 5.88. The van der Waals surface area contributed by atoms with E-state index in [1.807, 2.05) is 66.6 Å². The Balaban J connectivity index is 1.61. The molecule has 0 radical (unpaired) electrons. The summed E-state index contributed by atoms with van der Waals surface area (Å²) in [6.07, 6.45) is 5.73. The zero-order valence-corrected chi connectivity index (χ0v) is 16.8. The first kappa shape index (κ1) is 18.3. The zero-order valence-electron chi connectivity index (χ0n) is 16.8. The molecule has 0 amide bonds. The molecule has 5 rings (SSSR count). The molecule has 1 aliphatic rings. The number of fused-ring (bicyclic) bond motifs is 1. The third kappa shape index (κ3) is 3.07. The lowest BCUT2D eigenvalue weighted by Crippen LogP contribution is -2.25. The fourth-order valence-corrected chi connectivity index (χ4v) is 4.45. The number of benzene rings is 3. The van der Waals surface area contributed by atoms with Gasteiger partial charge in [0.05, 0.1) is 30.2 Å². The number of hydrogen-bond acceptors (Lipinski definition) is 4. The number of aromatic nitrogens is 2. The Morgan fingerprint density at radius 1 is 1.03 bits per heavy atom. The Morgan fingerprint density at radius 3 is 2.67 bits per heavy atom. The summed E-state index contributed by atoms with van der Waals surface area (Å²) in [7, 11) is 2.00. The number of rotatable bonds is 4. The van der Waals surface area contributed by atoms with Gasteiger partial charge < -0.3 is 14.2 Å². The van der Waals surface area contributed by atoms with E-state index in [0.29, 0.717) is 5.56 Å². The Labute approximate surface area is 175 Å². The number of aryl methyl sites for hydroxylation is 1. The molecule has 0 aliphatic carbocycles. The molecule has 148 valence electrons. The van der Waals surface area contributed by atoms with Gasteiger partial charge in [0.25, 0.3) is 0 Å². The second-order valence-corrected chi connectivity index (χ2v) is 7.62. The van der Waals surface area contributed by atoms with E-state index >= 15 is 0 Å². The van der Waals surface area contributed by atoms with E-state index in [9.17, 15) is 5.26 Å². The predicted molar refractivity (Wildman–Crippen MR) is 118 cm³/mol. The largest absolute Gasteiger partial charge is 0.456 e. The van der Waals surface area contributed by atoms with E-state index in [4.69, 9.17) is 4.74 Å². The van der Waals surface area contributed by atoms with Gasteiger partial charge in [0.15, 0.2) is 0 Å². The highest BCUT2D eigenvalue weighted by atomic mass is 16.5. The topological polar surface area (TPSA) is 54.1 Å². The smallest absolute Gasteiger partial charge is 0.135 e. The summed E-state index contributed by atoms with van der Waals surface area (Å²) >= 11 is 0. The highest BCUT2D eigenvalue weighted by Gasteiger charge is 2.32. The van der Waals surface area contributed by atoms with Crippen LogP contribution in [0.5, 0.6) is 11.5 Å². The summed E-state index contributed by atoms with van der Waals surface area (Å²) in [5, 5.41) is 12.1. The summed E-state index contributed by atoms with van der Waals surface area (Å²) in [6, 6.07) is 22.5. The van der Waals surface area contributed by atoms with Gasteiger partial charge in [-0.05, 0) is 36.4 Å². The van der Waals surface area contributed by atoms with E-state index in [1.54, 1.807) is 0 Å². The van der Waals surface area contributed by atoms with Crippen molar-refractivity contribution in [2.45, 2.75) is 18.9 Å². The summed E-state index contributed by atoms with van der Waals surface area (Å²) in [4.78, 5) is 6.62. The third-order valence-electron chi connectivity index (χ3n) is 5.83. The first-order valence-corrected chi connectivity index (χ1v) is 10.2. The van der Waals surface area contributed by atoms with Crippen LogP contribution < -0.4 is 9.64 Å². The summed E-state index contributed by atoms with van der Waals surface area (Å²) in [5.74, 6) is 2.60. The minimum atomic E-state index is 0.0706. The van der Waals surface area contributed by atoms with Crippen LogP contribution in [0.3, 0.4) is 0 Å². The van der Waals surface area contributed by atoms with E-state index in [1.165, 1.54) is 0 Å². The molecule has 2 heterocycles. The first-order valence-electron chi connectivity index (χ1n) is 10.2. The molecule has 30 heavy (non-hydrogen) atoms. The summed E-state index contributed by atoms with van der Waals surface area (Å²) in [5.41, 5.74) is 1.61. The van der Waals surface area contributed by atoms with Gasteiger partial charge in [0, 0.05) is 24.5 Å². The fraction of sp³-hybridized carbons (Fsp3) is 0.200. The molecule has 1 fully saturated rings. The van der Waals surface area contributed by atoms with Gasteiger partial charge in [-0.15, -0.1) is 0 Å². The molecule has 4 aromatic rings. The lowest BCUT2D eigenvalue weighted by Gasteiger charge is -2.29. The van der Waals surface area contributed by atoms with Crippen molar-refractivity contribution in [2.24, 2.45) is 7.05 Å². The van der Waals surface area contributed by atoms with Crippen molar-refractivity contribution in [3.05, 3.63) is 84.3 Å². The van der Waals surface area contributed by atoms with Gasteiger partial charge in [-0.1, -0.05) is 42.5 Å². The van der Waals surface area contributed by atoms with Crippen molar-refractivity contribution in [1.82, 2.24) is 9.55 Å². The van der Waals surface area contributed by atoms with Crippen LogP contribution in [0, 0.1) is 11.3 Å². The number of imidazole rings is 1. The number of nitrogens with zero attached hydrogens (tertiary/aromatic N) is 4. The van der Waals surface area contributed by atoms with Crippen molar-refractivity contribution < 1.29 is 4.74 Å². The molecule has 1 atom stereocenters. The predicted octanol–water partition coefficient (Wildman–Crippen LogP) is 5.58. The van der Waals surface area contributed by atoms with Crippen LogP contribution in [0.15, 0.2) is 73.2 Å². The molecular formula is C25H22N4O. The van der Waals surface area contributed by atoms with Crippen LogP contribution in [-0.2, 0) is 7.05 Å². The maximum absolute atomic E-state index is 9.87. The van der Waals surface area contributed by atoms with E-state index in [-0.39, 0.29) is 6.04 Å². The quantitative estimate of drug-likeness (QED) is 0.453. The molecule has 0 saturated carbocycles. The van der Waals surface area contributed by atoms with Crippen molar-refractivity contribution in [2.75, 3.05) is 11.4 Å². The minimum Gasteiger partial charge on any atom is -0.456 e. The molecule has 0 spiro atoms. The SMILES string of the molecule is Cn1cncc1N1CCC[C@H]1c1c(C#N)cccc1Oc1cccc2ccccc12. The molecule has 5 heteroatoms. The van der Waals surface area contributed by atoms with Crippen molar-refractivity contribution >= 4 is 16.6 Å². The van der Waals surface area contributed by atoms with Crippen LogP contribution in [0.2, 0.25) is 0 Å². The van der Waals surface area contributed by atoms with Crippen molar-refractivity contribution in [3.63, 3.8) is 0 Å². The molecular weight excluding hydrogens is 372 g/mol. The van der Waals surface area contributed by atoms with E-state index in [2.05, 4.69) is 34.2 Å². The third-order valence-corrected chi connectivity index (χ3v) is 5.83. The number of ether oxygens (including phenoxy) is 1. The van der Waals surface area contributed by atoms with E-state index in [0.717, 1.165) is 53.0 Å². The molecule has 1 saturated heterocycles. The van der Waals surface area contributed by atoms with Crippen molar-refractivity contribution in [3.8, 4) is 17.6 Å². The zero-order chi connectivity index (χ0) is 20.5. The summed E-state index contributed by atoms with van der Waals surface area (Å²) < 4.78 is 8.50. The molecule has 0 unspecified atom stereocenters. The average molecular weight is 394 g/mol. The van der Waals surface area contributed by atoms with Gasteiger partial charge in [-0.25, -0.2) is 4.98 Å². The number of anilines is 1. The lowest BCUT2D eigenvalue weighted by molar-refractivity contribution is 0.474. The molecule has 5 nitrogen and oxygen atoms in total. The standard InChI is InChI=1S/C25H22N4O/c1-28-17-27-16-24(28)29-14-6-11-21(29)25-19(15-26)9-5-13-23(25)30-22-12-4-8-18-7-2-3-10-20(18)22/h2-5,7-10,12-13,16-17,21H,6,11,14H2,1H3/t21-/m0/s1. The van der Waals surface area contributed by atoms with Crippen molar-refractivity contribution in [1.29, 1.82) is 5.26 Å². The van der Waals surface area contributed by atoms with Gasteiger partial charge >= 0.3 is 0 Å². The lowest BCUT2D eigenvalue weighted by atomic mass is 9.97. The average Bonchev–Trinajstić information content (AvgIpc) is 3.42. The van der Waals surface area contributed by atoms with Crippen LogP contribution in [0.1, 0.15) is 30.0 Å². The number of nitriles is 1. The van der Waals surface area contributed by atoms with E-state index < -0.39 is 0 Å². The second kappa shape index (κ2) is 7.57. The van der Waals surface area contributed by atoms with Gasteiger partial charge in [-0.2, -0.15) is 5.26 Å². The molecule has 0 bridgehead atoms. The second-order valence-electron chi connectivity index (χ2n) is 7.62. The van der Waals surface area contributed by atoms with Gasteiger partial charge in [0.2, 0.25) is 0 Å². The fourth-order valence-electron chi connectivity index (χ4n) is 4.45. The molecule has 1 aliphatic heterocycles. The maximum Gasteiger partial charge on any atom is 0.135 e. The number of hydrogen-bond donors (Lipinski definition) is 0. The van der Waals surface area contributed by atoms with Crippen LogP contribution in [0.4, 0.5) is 5.82 Å². The normalized spacial score (nSPS) is 16.0. The summed E-state index contributed by atoms with van der Waals surface area (Å²) in [6.45, 7) is 0.928. The monoisotopic (exact) mass is 394 g/mol. The first-order chi connectivity index (χ1) is 14.8. The molecule has 0 N–H and O–H groups in total. The Kier molecular flexibility index (Phi) is 4.61. The van der Waals surface area contributed by atoms with Crippen LogP contribution in [-0.4, -0.2) is 16.1 Å². The Hall–Kier alpha value is -3.78. The Bertz CT molecular complexity index is 1250. The molecule has 3 aromatic carbocycles. The van der Waals surface area contributed by atoms with Gasteiger partial charge in [0.1, 0.15) is 17.3 Å². The van der Waals surface area contributed by atoms with Crippen LogP contribution >= 0.6 is 0 Å². The minimum absolute atomic E-state index is 0.0706. The highest BCUT2D eigenvalue weighted by Crippen LogP contribution is 2.43. The van der Waals surface area contributed by atoms with Gasteiger partial charge in [-0.3, -0.25) is 0 Å². The van der Waals surface area contributed by atoms with Crippen LogP contribution in [0.25, 0.3) is 10.8 Å². The maximum atomic E-state index is 9.87. The Morgan fingerprint density at radius 2 is 1.83 bits per heavy atom.